The zero-order valence-corrected chi connectivity index (χ0v) is 12.8. The summed E-state index contributed by atoms with van der Waals surface area (Å²) in [5.74, 6) is -0.0352. The molecule has 0 atom stereocenters. The minimum atomic E-state index is -3.14. The summed E-state index contributed by atoms with van der Waals surface area (Å²) in [4.78, 5) is 18.3. The standard InChI is InChI=1S/C14H19N3O3S/c1-21(19,20)16-11-8-14(9-11)5-7-17(10-14)13(18)12-4-2-3-6-15-12/h2-4,6,11,16H,5,7-10H2,1H3. The van der Waals surface area contributed by atoms with Crippen LogP contribution in [0.3, 0.4) is 0 Å². The van der Waals surface area contributed by atoms with Crippen LogP contribution in [0.25, 0.3) is 0 Å². The van der Waals surface area contributed by atoms with E-state index in [-0.39, 0.29) is 17.4 Å². The second-order valence-corrected chi connectivity index (χ2v) is 7.97. The Kier molecular flexibility index (Phi) is 3.49. The highest BCUT2D eigenvalue weighted by atomic mass is 32.2. The Morgan fingerprint density at radius 3 is 2.81 bits per heavy atom. The van der Waals surface area contributed by atoms with E-state index in [1.54, 1.807) is 18.3 Å². The van der Waals surface area contributed by atoms with E-state index in [2.05, 4.69) is 9.71 Å². The summed E-state index contributed by atoms with van der Waals surface area (Å²) in [6, 6.07) is 5.34. The van der Waals surface area contributed by atoms with Crippen molar-refractivity contribution < 1.29 is 13.2 Å². The van der Waals surface area contributed by atoms with Crippen molar-refractivity contribution in [1.82, 2.24) is 14.6 Å². The predicted octanol–water partition coefficient (Wildman–Crippen LogP) is 0.625. The first-order valence-corrected chi connectivity index (χ1v) is 8.94. The molecule has 2 aliphatic rings. The molecule has 1 aliphatic carbocycles. The van der Waals surface area contributed by atoms with E-state index in [9.17, 15) is 13.2 Å². The van der Waals surface area contributed by atoms with Crippen molar-refractivity contribution in [2.75, 3.05) is 19.3 Å². The average molecular weight is 309 g/mol. The molecule has 1 saturated heterocycles. The monoisotopic (exact) mass is 309 g/mol. The molecule has 0 radical (unpaired) electrons. The van der Waals surface area contributed by atoms with Gasteiger partial charge in [0.2, 0.25) is 10.0 Å². The van der Waals surface area contributed by atoms with Gasteiger partial charge in [0.1, 0.15) is 5.69 Å². The molecule has 1 amide bonds. The van der Waals surface area contributed by atoms with Gasteiger partial charge in [0.05, 0.1) is 6.26 Å². The molecule has 1 aromatic rings. The third-order valence-corrected chi connectivity index (χ3v) is 5.11. The molecule has 3 rings (SSSR count). The molecule has 6 nitrogen and oxygen atoms in total. The lowest BCUT2D eigenvalue weighted by atomic mass is 9.65. The van der Waals surface area contributed by atoms with Crippen molar-refractivity contribution in [3.63, 3.8) is 0 Å². The second-order valence-electron chi connectivity index (χ2n) is 6.19. The third-order valence-electron chi connectivity index (χ3n) is 4.35. The first kappa shape index (κ1) is 14.5. The summed E-state index contributed by atoms with van der Waals surface area (Å²) in [6.07, 6.45) is 5.36. The number of sulfonamides is 1. The Morgan fingerprint density at radius 1 is 1.43 bits per heavy atom. The maximum Gasteiger partial charge on any atom is 0.272 e. The fraction of sp³-hybridized carbons (Fsp3) is 0.571. The summed E-state index contributed by atoms with van der Waals surface area (Å²) in [6.45, 7) is 1.42. The highest BCUT2D eigenvalue weighted by Crippen LogP contribution is 2.48. The molecule has 0 bridgehead atoms. The quantitative estimate of drug-likeness (QED) is 0.888. The number of aromatic nitrogens is 1. The predicted molar refractivity (Wildman–Crippen MR) is 78.2 cm³/mol. The number of pyridine rings is 1. The molecule has 1 aromatic heterocycles. The molecule has 21 heavy (non-hydrogen) atoms. The normalized spacial score (nSPS) is 28.6. The number of hydrogen-bond acceptors (Lipinski definition) is 4. The van der Waals surface area contributed by atoms with Crippen molar-refractivity contribution >= 4 is 15.9 Å². The van der Waals surface area contributed by atoms with Crippen LogP contribution in [0, 0.1) is 5.41 Å². The SMILES string of the molecule is CS(=O)(=O)NC1CC2(CCN(C(=O)c3ccccn3)C2)C1. The molecule has 1 saturated carbocycles. The van der Waals surface area contributed by atoms with E-state index in [0.717, 1.165) is 25.8 Å². The summed E-state index contributed by atoms with van der Waals surface area (Å²) < 4.78 is 25.1. The zero-order chi connectivity index (χ0) is 15.1. The number of rotatable bonds is 3. The molecule has 1 aliphatic heterocycles. The Labute approximate surface area is 124 Å². The Hall–Kier alpha value is -1.47. The van der Waals surface area contributed by atoms with Crippen LogP contribution in [0.4, 0.5) is 0 Å². The van der Waals surface area contributed by atoms with Gasteiger partial charge in [-0.05, 0) is 36.8 Å². The van der Waals surface area contributed by atoms with Gasteiger partial charge in [-0.2, -0.15) is 0 Å². The van der Waals surface area contributed by atoms with Gasteiger partial charge in [-0.3, -0.25) is 9.78 Å². The summed E-state index contributed by atoms with van der Waals surface area (Å²) >= 11 is 0. The van der Waals surface area contributed by atoms with Gasteiger partial charge < -0.3 is 4.90 Å². The van der Waals surface area contributed by atoms with Gasteiger partial charge >= 0.3 is 0 Å². The number of carbonyl (C=O) groups is 1. The zero-order valence-electron chi connectivity index (χ0n) is 11.9. The summed E-state index contributed by atoms with van der Waals surface area (Å²) in [5, 5.41) is 0. The van der Waals surface area contributed by atoms with Gasteiger partial charge in [-0.15, -0.1) is 0 Å². The number of hydrogen-bond donors (Lipinski definition) is 1. The minimum Gasteiger partial charge on any atom is -0.337 e. The maximum absolute atomic E-state index is 12.3. The summed E-state index contributed by atoms with van der Waals surface area (Å²) in [5.41, 5.74) is 0.562. The van der Waals surface area contributed by atoms with Crippen molar-refractivity contribution in [2.45, 2.75) is 25.3 Å². The van der Waals surface area contributed by atoms with Crippen molar-refractivity contribution in [1.29, 1.82) is 0 Å². The Morgan fingerprint density at radius 2 is 2.19 bits per heavy atom. The van der Waals surface area contributed by atoms with Gasteiger partial charge in [-0.25, -0.2) is 13.1 Å². The van der Waals surface area contributed by atoms with Gasteiger partial charge in [-0.1, -0.05) is 6.07 Å². The molecule has 7 heteroatoms. The fourth-order valence-electron chi connectivity index (χ4n) is 3.46. The van der Waals surface area contributed by atoms with Crippen LogP contribution in [0.15, 0.2) is 24.4 Å². The summed E-state index contributed by atoms with van der Waals surface area (Å²) in [7, 11) is -3.14. The van der Waals surface area contributed by atoms with Gasteiger partial charge in [0.15, 0.2) is 0 Å². The average Bonchev–Trinajstić information content (AvgIpc) is 2.82. The first-order valence-electron chi connectivity index (χ1n) is 7.05. The molecule has 1 spiro atoms. The highest BCUT2D eigenvalue weighted by Gasteiger charge is 2.50. The lowest BCUT2D eigenvalue weighted by Crippen LogP contribution is -2.51. The molecule has 114 valence electrons. The number of carbonyl (C=O) groups excluding carboxylic acids is 1. The number of likely N-dealkylation sites (tertiary alicyclic amines) is 1. The van der Waals surface area contributed by atoms with Crippen molar-refractivity contribution in [2.24, 2.45) is 5.41 Å². The lowest BCUT2D eigenvalue weighted by Gasteiger charge is -2.45. The number of nitrogens with zero attached hydrogens (tertiary/aromatic N) is 2. The molecule has 0 aromatic carbocycles. The number of nitrogens with one attached hydrogen (secondary N) is 1. The van der Waals surface area contributed by atoms with E-state index in [1.807, 2.05) is 11.0 Å². The first-order chi connectivity index (χ1) is 9.87. The van der Waals surface area contributed by atoms with E-state index in [0.29, 0.717) is 12.2 Å². The lowest BCUT2D eigenvalue weighted by molar-refractivity contribution is 0.0683. The Bertz CT molecular complexity index is 639. The van der Waals surface area contributed by atoms with Crippen LogP contribution in [0.5, 0.6) is 0 Å². The van der Waals surface area contributed by atoms with Crippen LogP contribution in [-0.2, 0) is 10.0 Å². The molecular weight excluding hydrogens is 290 g/mol. The topological polar surface area (TPSA) is 79.4 Å². The second kappa shape index (κ2) is 5.06. The van der Waals surface area contributed by atoms with Crippen molar-refractivity contribution in [3.05, 3.63) is 30.1 Å². The molecule has 1 N–H and O–H groups in total. The van der Waals surface area contributed by atoms with E-state index in [1.165, 1.54) is 6.26 Å². The Balaban J connectivity index is 1.59. The minimum absolute atomic E-state index is 0.0184. The van der Waals surface area contributed by atoms with E-state index >= 15 is 0 Å². The van der Waals surface area contributed by atoms with Gasteiger partial charge in [0, 0.05) is 25.3 Å². The van der Waals surface area contributed by atoms with Crippen LogP contribution in [0.2, 0.25) is 0 Å². The molecule has 2 heterocycles. The van der Waals surface area contributed by atoms with E-state index < -0.39 is 10.0 Å². The van der Waals surface area contributed by atoms with Crippen molar-refractivity contribution in [3.8, 4) is 0 Å². The van der Waals surface area contributed by atoms with Crippen LogP contribution >= 0.6 is 0 Å². The third kappa shape index (κ3) is 3.08. The number of amides is 1. The molecular formula is C14H19N3O3S. The smallest absolute Gasteiger partial charge is 0.272 e. The fourth-order valence-corrected chi connectivity index (χ4v) is 4.24. The van der Waals surface area contributed by atoms with Crippen LogP contribution in [-0.4, -0.2) is 49.6 Å². The van der Waals surface area contributed by atoms with Crippen LogP contribution < -0.4 is 4.72 Å². The molecule has 2 fully saturated rings. The maximum atomic E-state index is 12.3. The largest absolute Gasteiger partial charge is 0.337 e. The van der Waals surface area contributed by atoms with E-state index in [4.69, 9.17) is 0 Å². The molecule has 0 unspecified atom stereocenters. The van der Waals surface area contributed by atoms with Crippen LogP contribution in [0.1, 0.15) is 29.8 Å². The highest BCUT2D eigenvalue weighted by molar-refractivity contribution is 7.88. The van der Waals surface area contributed by atoms with Gasteiger partial charge in [0.25, 0.3) is 5.91 Å².